The molecule has 0 unspecified atom stereocenters. The number of carboxylic acids is 1. The molecule has 0 aliphatic rings. The number of carbonyl (C=O) groups is 2. The molecule has 0 aliphatic heterocycles. The highest BCUT2D eigenvalue weighted by Gasteiger charge is 2.16. The van der Waals surface area contributed by atoms with Crippen molar-refractivity contribution in [3.8, 4) is 0 Å². The van der Waals surface area contributed by atoms with Gasteiger partial charge in [0, 0.05) is 18.6 Å². The van der Waals surface area contributed by atoms with E-state index in [1.165, 1.54) is 4.90 Å². The Labute approximate surface area is 129 Å². The predicted molar refractivity (Wildman–Crippen MR) is 84.1 cm³/mol. The van der Waals surface area contributed by atoms with Gasteiger partial charge in [-0.2, -0.15) is 0 Å². The quantitative estimate of drug-likeness (QED) is 0.845. The van der Waals surface area contributed by atoms with E-state index in [0.717, 1.165) is 23.2 Å². The van der Waals surface area contributed by atoms with Gasteiger partial charge in [-0.25, -0.2) is 4.79 Å². The third-order valence-electron chi connectivity index (χ3n) is 3.32. The number of nitrogens with one attached hydrogen (secondary N) is 1. The summed E-state index contributed by atoms with van der Waals surface area (Å²) < 4.78 is 0. The van der Waals surface area contributed by atoms with Crippen LogP contribution >= 0.6 is 11.6 Å². The van der Waals surface area contributed by atoms with Gasteiger partial charge >= 0.3 is 12.0 Å². The maximum atomic E-state index is 12.2. The van der Waals surface area contributed by atoms with Crippen LogP contribution in [-0.2, 0) is 17.6 Å². The normalized spacial score (nSPS) is 10.3. The number of urea groups is 1. The number of aryl methyl sites for hydroxylation is 1. The van der Waals surface area contributed by atoms with Crippen molar-refractivity contribution in [2.24, 2.45) is 0 Å². The summed E-state index contributed by atoms with van der Waals surface area (Å²) >= 11 is 6.18. The average Bonchev–Trinajstić information content (AvgIpc) is 2.45. The van der Waals surface area contributed by atoms with Gasteiger partial charge in [0.05, 0.1) is 12.1 Å². The van der Waals surface area contributed by atoms with Gasteiger partial charge in [-0.3, -0.25) is 4.79 Å². The van der Waals surface area contributed by atoms with E-state index in [9.17, 15) is 9.59 Å². The van der Waals surface area contributed by atoms with Crippen LogP contribution in [0.15, 0.2) is 12.1 Å². The van der Waals surface area contributed by atoms with Crippen LogP contribution in [-0.4, -0.2) is 35.6 Å². The highest BCUT2D eigenvalue weighted by atomic mass is 35.5. The van der Waals surface area contributed by atoms with Crippen molar-refractivity contribution in [1.29, 1.82) is 0 Å². The lowest BCUT2D eigenvalue weighted by atomic mass is 10.0. The second-order valence-electron chi connectivity index (χ2n) is 4.76. The molecule has 5 nitrogen and oxygen atoms in total. The Morgan fingerprint density at radius 3 is 2.48 bits per heavy atom. The molecule has 0 spiro atoms. The second kappa shape index (κ2) is 7.88. The molecule has 0 fully saturated rings. The SMILES string of the molecule is CCc1ccc(Cl)c(CC)c1NC(=O)N(C)CCC(=O)O. The summed E-state index contributed by atoms with van der Waals surface area (Å²) in [7, 11) is 1.57. The third kappa shape index (κ3) is 4.63. The first-order chi connectivity index (χ1) is 9.90. The minimum Gasteiger partial charge on any atom is -0.481 e. The summed E-state index contributed by atoms with van der Waals surface area (Å²) in [6.07, 6.45) is 1.40. The van der Waals surface area contributed by atoms with Gasteiger partial charge in [0.15, 0.2) is 0 Å². The molecule has 1 aromatic rings. The molecule has 0 atom stereocenters. The van der Waals surface area contributed by atoms with Crippen molar-refractivity contribution < 1.29 is 14.7 Å². The lowest BCUT2D eigenvalue weighted by molar-refractivity contribution is -0.137. The highest BCUT2D eigenvalue weighted by Crippen LogP contribution is 2.29. The van der Waals surface area contributed by atoms with Gasteiger partial charge in [0.25, 0.3) is 0 Å². The standard InChI is InChI=1S/C15H21ClN2O3/c1-4-10-6-7-12(16)11(5-2)14(10)17-15(21)18(3)9-8-13(19)20/h6-7H,4-5,8-9H2,1-3H3,(H,17,21)(H,19,20). The van der Waals surface area contributed by atoms with Crippen LogP contribution in [0.4, 0.5) is 10.5 Å². The molecule has 1 aromatic carbocycles. The molecule has 1 rings (SSSR count). The van der Waals surface area contributed by atoms with Crippen molar-refractivity contribution in [2.45, 2.75) is 33.1 Å². The molecule has 2 N–H and O–H groups in total. The van der Waals surface area contributed by atoms with Gasteiger partial charge in [-0.05, 0) is 30.0 Å². The number of anilines is 1. The van der Waals surface area contributed by atoms with Gasteiger partial charge < -0.3 is 15.3 Å². The maximum absolute atomic E-state index is 12.2. The molecule has 2 amide bonds. The molecule has 21 heavy (non-hydrogen) atoms. The number of hydrogen-bond acceptors (Lipinski definition) is 2. The first kappa shape index (κ1) is 17.3. The second-order valence-corrected chi connectivity index (χ2v) is 5.17. The van der Waals surface area contributed by atoms with Crippen LogP contribution in [0.25, 0.3) is 0 Å². The number of hydrogen-bond donors (Lipinski definition) is 2. The number of amides is 2. The van der Waals surface area contributed by atoms with Crippen LogP contribution in [0.3, 0.4) is 0 Å². The molecule has 6 heteroatoms. The third-order valence-corrected chi connectivity index (χ3v) is 3.67. The van der Waals surface area contributed by atoms with E-state index >= 15 is 0 Å². The lowest BCUT2D eigenvalue weighted by Gasteiger charge is -2.21. The summed E-state index contributed by atoms with van der Waals surface area (Å²) in [5.74, 6) is -0.930. The Morgan fingerprint density at radius 1 is 1.29 bits per heavy atom. The van der Waals surface area contributed by atoms with E-state index in [1.54, 1.807) is 7.05 Å². The van der Waals surface area contributed by atoms with E-state index in [4.69, 9.17) is 16.7 Å². The Balaban J connectivity index is 2.93. The van der Waals surface area contributed by atoms with E-state index in [0.29, 0.717) is 11.4 Å². The van der Waals surface area contributed by atoms with Crippen molar-refractivity contribution in [2.75, 3.05) is 18.9 Å². The molecular weight excluding hydrogens is 292 g/mol. The Bertz CT molecular complexity index is 532. The summed E-state index contributed by atoms with van der Waals surface area (Å²) in [6, 6.07) is 3.40. The predicted octanol–water partition coefficient (Wildman–Crippen LogP) is 3.40. The van der Waals surface area contributed by atoms with Gasteiger partial charge in [-0.1, -0.05) is 31.5 Å². The minimum absolute atomic E-state index is 0.0826. The van der Waals surface area contributed by atoms with E-state index in [1.807, 2.05) is 26.0 Å². The van der Waals surface area contributed by atoms with Crippen LogP contribution in [0.5, 0.6) is 0 Å². The van der Waals surface area contributed by atoms with Crippen molar-refractivity contribution in [3.05, 3.63) is 28.3 Å². The number of rotatable bonds is 6. The highest BCUT2D eigenvalue weighted by molar-refractivity contribution is 6.31. The van der Waals surface area contributed by atoms with Crippen molar-refractivity contribution >= 4 is 29.3 Å². The maximum Gasteiger partial charge on any atom is 0.321 e. The zero-order valence-electron chi connectivity index (χ0n) is 12.6. The Kier molecular flexibility index (Phi) is 6.49. The van der Waals surface area contributed by atoms with Crippen LogP contribution in [0.1, 0.15) is 31.4 Å². The number of benzene rings is 1. The van der Waals surface area contributed by atoms with Gasteiger partial charge in [-0.15, -0.1) is 0 Å². The van der Waals surface area contributed by atoms with Crippen LogP contribution in [0.2, 0.25) is 5.02 Å². The van der Waals surface area contributed by atoms with Crippen LogP contribution in [0, 0.1) is 0 Å². The summed E-state index contributed by atoms with van der Waals surface area (Å²) in [5, 5.41) is 12.1. The summed E-state index contributed by atoms with van der Waals surface area (Å²) in [4.78, 5) is 24.1. The zero-order valence-corrected chi connectivity index (χ0v) is 13.3. The van der Waals surface area contributed by atoms with Crippen molar-refractivity contribution in [3.63, 3.8) is 0 Å². The monoisotopic (exact) mass is 312 g/mol. The average molecular weight is 313 g/mol. The molecule has 0 saturated carbocycles. The van der Waals surface area contributed by atoms with Gasteiger partial charge in [0.1, 0.15) is 0 Å². The number of nitrogens with zero attached hydrogens (tertiary/aromatic N) is 1. The molecule has 0 saturated heterocycles. The Morgan fingerprint density at radius 2 is 1.95 bits per heavy atom. The lowest BCUT2D eigenvalue weighted by Crippen LogP contribution is -2.33. The number of aliphatic carboxylic acids is 1. The smallest absolute Gasteiger partial charge is 0.321 e. The molecule has 116 valence electrons. The van der Waals surface area contributed by atoms with E-state index < -0.39 is 5.97 Å². The van der Waals surface area contributed by atoms with Crippen LogP contribution < -0.4 is 5.32 Å². The van der Waals surface area contributed by atoms with Gasteiger partial charge in [0.2, 0.25) is 0 Å². The Hall–Kier alpha value is -1.75. The summed E-state index contributed by atoms with van der Waals surface area (Å²) in [5.41, 5.74) is 2.65. The molecule has 0 radical (unpaired) electrons. The molecular formula is C15H21ClN2O3. The molecule has 0 heterocycles. The molecule has 0 aliphatic carbocycles. The molecule has 0 aromatic heterocycles. The first-order valence-electron chi connectivity index (χ1n) is 6.94. The first-order valence-corrected chi connectivity index (χ1v) is 7.32. The van der Waals surface area contributed by atoms with E-state index in [-0.39, 0.29) is 19.0 Å². The molecule has 0 bridgehead atoms. The summed E-state index contributed by atoms with van der Waals surface area (Å²) in [6.45, 7) is 4.14. The largest absolute Gasteiger partial charge is 0.481 e. The fourth-order valence-electron chi connectivity index (χ4n) is 2.03. The fourth-order valence-corrected chi connectivity index (χ4v) is 2.33. The number of halogens is 1. The topological polar surface area (TPSA) is 69.6 Å². The van der Waals surface area contributed by atoms with E-state index in [2.05, 4.69) is 5.32 Å². The number of carboxylic acid groups (broad SMARTS) is 1. The zero-order chi connectivity index (χ0) is 16.0. The van der Waals surface area contributed by atoms with Crippen molar-refractivity contribution in [1.82, 2.24) is 4.90 Å². The minimum atomic E-state index is -0.930. The fraction of sp³-hybridized carbons (Fsp3) is 0.467. The number of carbonyl (C=O) groups excluding carboxylic acids is 1.